The van der Waals surface area contributed by atoms with Crippen LogP contribution in [0, 0.1) is 11.7 Å². The Hall–Kier alpha value is -2.21. The molecular weight excluding hydrogens is 307 g/mol. The van der Waals surface area contributed by atoms with E-state index in [4.69, 9.17) is 0 Å². The Kier molecular flexibility index (Phi) is 4.66. The number of carbonyl (C=O) groups is 1. The second-order valence-electron chi connectivity index (χ2n) is 6.78. The molecule has 0 spiro atoms. The molecule has 1 heterocycles. The summed E-state index contributed by atoms with van der Waals surface area (Å²) in [7, 11) is 5.68. The second-order valence-corrected chi connectivity index (χ2v) is 6.78. The number of carbonyl (C=O) groups excluding carboxylic acids is 1. The summed E-state index contributed by atoms with van der Waals surface area (Å²) in [5, 5.41) is 7.12. The van der Waals surface area contributed by atoms with Crippen molar-refractivity contribution in [2.24, 2.45) is 13.0 Å². The molecule has 2 atom stereocenters. The van der Waals surface area contributed by atoms with Gasteiger partial charge in [-0.15, -0.1) is 0 Å². The number of amides is 1. The molecule has 3 rings (SSSR count). The molecule has 1 fully saturated rings. The van der Waals surface area contributed by atoms with Crippen molar-refractivity contribution in [1.82, 2.24) is 20.0 Å². The van der Waals surface area contributed by atoms with E-state index in [2.05, 4.69) is 10.4 Å². The molecule has 128 valence electrons. The zero-order valence-electron chi connectivity index (χ0n) is 14.3. The Labute approximate surface area is 141 Å². The van der Waals surface area contributed by atoms with Crippen LogP contribution < -0.4 is 5.32 Å². The highest BCUT2D eigenvalue weighted by molar-refractivity contribution is 5.82. The van der Waals surface area contributed by atoms with Gasteiger partial charge >= 0.3 is 0 Å². The summed E-state index contributed by atoms with van der Waals surface area (Å²) >= 11 is 0. The number of hydrogen-bond acceptors (Lipinski definition) is 3. The van der Waals surface area contributed by atoms with E-state index >= 15 is 0 Å². The Morgan fingerprint density at radius 2 is 2.25 bits per heavy atom. The molecule has 1 amide bonds. The predicted molar refractivity (Wildman–Crippen MR) is 89.7 cm³/mol. The molecule has 0 unspecified atom stereocenters. The van der Waals surface area contributed by atoms with Gasteiger partial charge in [-0.2, -0.15) is 5.10 Å². The van der Waals surface area contributed by atoms with Crippen LogP contribution in [-0.2, 0) is 24.9 Å². The highest BCUT2D eigenvalue weighted by Gasteiger charge is 2.44. The molecule has 0 aliphatic heterocycles. The van der Waals surface area contributed by atoms with Gasteiger partial charge in [-0.3, -0.25) is 9.48 Å². The fourth-order valence-corrected chi connectivity index (χ4v) is 3.00. The van der Waals surface area contributed by atoms with Gasteiger partial charge in [0.05, 0.1) is 6.20 Å². The maximum Gasteiger partial charge on any atom is 0.224 e. The fourth-order valence-electron chi connectivity index (χ4n) is 3.00. The van der Waals surface area contributed by atoms with Gasteiger partial charge in [0, 0.05) is 37.8 Å². The van der Waals surface area contributed by atoms with Crippen LogP contribution in [0.15, 0.2) is 30.6 Å². The van der Waals surface area contributed by atoms with E-state index in [0.29, 0.717) is 18.7 Å². The van der Waals surface area contributed by atoms with Crippen LogP contribution in [0.3, 0.4) is 0 Å². The second kappa shape index (κ2) is 6.73. The van der Waals surface area contributed by atoms with Crippen molar-refractivity contribution < 1.29 is 9.18 Å². The zero-order chi connectivity index (χ0) is 17.3. The lowest BCUT2D eigenvalue weighted by Gasteiger charge is -2.12. The first-order valence-electron chi connectivity index (χ1n) is 8.12. The van der Waals surface area contributed by atoms with Crippen LogP contribution >= 0.6 is 0 Å². The van der Waals surface area contributed by atoms with Crippen molar-refractivity contribution in [1.29, 1.82) is 0 Å². The first-order valence-corrected chi connectivity index (χ1v) is 8.12. The highest BCUT2D eigenvalue weighted by Crippen LogP contribution is 2.47. The maximum atomic E-state index is 13.8. The number of halogens is 1. The third-order valence-electron chi connectivity index (χ3n) is 4.34. The number of hydrogen-bond donors (Lipinski definition) is 1. The molecule has 2 aromatic rings. The predicted octanol–water partition coefficient (Wildman–Crippen LogP) is 2.04. The average molecular weight is 330 g/mol. The van der Waals surface area contributed by atoms with Gasteiger partial charge < -0.3 is 10.2 Å². The third-order valence-corrected chi connectivity index (χ3v) is 4.34. The number of benzene rings is 1. The number of aryl methyl sites for hydroxylation is 1. The van der Waals surface area contributed by atoms with Crippen LogP contribution in [0.5, 0.6) is 0 Å². The summed E-state index contributed by atoms with van der Waals surface area (Å²) in [4.78, 5) is 14.2. The maximum absolute atomic E-state index is 13.8. The minimum absolute atomic E-state index is 0.0240. The van der Waals surface area contributed by atoms with Crippen molar-refractivity contribution in [3.05, 3.63) is 53.1 Å². The molecule has 6 heteroatoms. The van der Waals surface area contributed by atoms with Crippen LogP contribution in [0.4, 0.5) is 4.39 Å². The van der Waals surface area contributed by atoms with Gasteiger partial charge in [0.1, 0.15) is 5.82 Å². The van der Waals surface area contributed by atoms with Gasteiger partial charge in [-0.05, 0) is 49.7 Å². The summed E-state index contributed by atoms with van der Waals surface area (Å²) in [6.45, 7) is 0.967. The molecule has 1 N–H and O–H groups in total. The Balaban J connectivity index is 1.55. The van der Waals surface area contributed by atoms with Gasteiger partial charge in [-0.1, -0.05) is 6.07 Å². The van der Waals surface area contributed by atoms with Crippen molar-refractivity contribution in [2.45, 2.75) is 25.4 Å². The zero-order valence-corrected chi connectivity index (χ0v) is 14.3. The van der Waals surface area contributed by atoms with Crippen molar-refractivity contribution in [3.63, 3.8) is 0 Å². The normalized spacial score (nSPS) is 19.5. The lowest BCUT2D eigenvalue weighted by Crippen LogP contribution is -2.25. The van der Waals surface area contributed by atoms with E-state index in [9.17, 15) is 9.18 Å². The van der Waals surface area contributed by atoms with E-state index in [1.54, 1.807) is 10.7 Å². The molecule has 1 aromatic carbocycles. The van der Waals surface area contributed by atoms with Crippen molar-refractivity contribution in [3.8, 4) is 0 Å². The SMILES string of the molecule is CN(C)Cc1cc(CNC(=O)[C@H]2C[C@@H]2c2cnn(C)c2)ccc1F. The van der Waals surface area contributed by atoms with Gasteiger partial charge in [0.25, 0.3) is 0 Å². The highest BCUT2D eigenvalue weighted by atomic mass is 19.1. The minimum Gasteiger partial charge on any atom is -0.352 e. The molecule has 5 nitrogen and oxygen atoms in total. The smallest absolute Gasteiger partial charge is 0.224 e. The lowest BCUT2D eigenvalue weighted by atomic mass is 10.1. The summed E-state index contributed by atoms with van der Waals surface area (Å²) < 4.78 is 15.5. The van der Waals surface area contributed by atoms with Crippen LogP contribution in [0.25, 0.3) is 0 Å². The van der Waals surface area contributed by atoms with Gasteiger partial charge in [0.15, 0.2) is 0 Å². The summed E-state index contributed by atoms with van der Waals surface area (Å²) in [6.07, 6.45) is 4.66. The quantitative estimate of drug-likeness (QED) is 0.882. The molecular formula is C18H23FN4O. The van der Waals surface area contributed by atoms with E-state index < -0.39 is 0 Å². The van der Waals surface area contributed by atoms with Gasteiger partial charge in [-0.25, -0.2) is 4.39 Å². The van der Waals surface area contributed by atoms with E-state index in [1.807, 2.05) is 44.5 Å². The average Bonchev–Trinajstić information content (AvgIpc) is 3.22. The van der Waals surface area contributed by atoms with Crippen LogP contribution in [0.1, 0.15) is 29.0 Å². The minimum atomic E-state index is -0.211. The molecule has 1 aliphatic carbocycles. The van der Waals surface area contributed by atoms with Crippen LogP contribution in [-0.4, -0.2) is 34.7 Å². The third kappa shape index (κ3) is 3.82. The molecule has 1 aliphatic rings. The number of aromatic nitrogens is 2. The number of nitrogens with one attached hydrogen (secondary N) is 1. The first kappa shape index (κ1) is 16.6. The van der Waals surface area contributed by atoms with Gasteiger partial charge in [0.2, 0.25) is 5.91 Å². The topological polar surface area (TPSA) is 50.2 Å². The van der Waals surface area contributed by atoms with Crippen molar-refractivity contribution in [2.75, 3.05) is 14.1 Å². The Morgan fingerprint density at radius 3 is 2.92 bits per heavy atom. The number of nitrogens with zero attached hydrogens (tertiary/aromatic N) is 3. The Bertz CT molecular complexity index is 740. The van der Waals surface area contributed by atoms with E-state index in [1.165, 1.54) is 6.07 Å². The number of rotatable bonds is 6. The molecule has 1 saturated carbocycles. The molecule has 1 aromatic heterocycles. The van der Waals surface area contributed by atoms with Crippen molar-refractivity contribution >= 4 is 5.91 Å². The molecule has 0 bridgehead atoms. The summed E-state index contributed by atoms with van der Waals surface area (Å²) in [5.41, 5.74) is 2.68. The Morgan fingerprint density at radius 1 is 1.46 bits per heavy atom. The van der Waals surface area contributed by atoms with E-state index in [-0.39, 0.29) is 23.6 Å². The fraction of sp³-hybridized carbons (Fsp3) is 0.444. The molecule has 0 saturated heterocycles. The molecule has 24 heavy (non-hydrogen) atoms. The standard InChI is InChI=1S/C18H23FN4O/c1-22(2)10-13-6-12(4-5-17(13)19)8-20-18(24)16-7-15(16)14-9-21-23(3)11-14/h4-6,9,11,15-16H,7-8,10H2,1-3H3,(H,20,24)/t15-,16+/m1/s1. The summed E-state index contributed by atoms with van der Waals surface area (Å²) in [5.74, 6) is 0.145. The van der Waals surface area contributed by atoms with E-state index in [0.717, 1.165) is 17.5 Å². The largest absolute Gasteiger partial charge is 0.352 e. The molecule has 0 radical (unpaired) electrons. The lowest BCUT2D eigenvalue weighted by molar-refractivity contribution is -0.122. The van der Waals surface area contributed by atoms with Crippen LogP contribution in [0.2, 0.25) is 0 Å². The monoisotopic (exact) mass is 330 g/mol. The first-order chi connectivity index (χ1) is 11.4. The summed E-state index contributed by atoms with van der Waals surface area (Å²) in [6, 6.07) is 5.01.